The van der Waals surface area contributed by atoms with Gasteiger partial charge in [-0.3, -0.25) is 14.5 Å². The van der Waals surface area contributed by atoms with E-state index in [4.69, 9.17) is 34.8 Å². The molecule has 0 atom stereocenters. The number of halogens is 3. The van der Waals surface area contributed by atoms with Crippen LogP contribution >= 0.6 is 34.8 Å². The van der Waals surface area contributed by atoms with E-state index >= 15 is 0 Å². The number of likely N-dealkylation sites (N-methyl/N-ethyl adjacent to an activating group) is 1. The lowest BCUT2D eigenvalue weighted by Crippen LogP contribution is -2.36. The Hall–Kier alpha value is -1.84. The van der Waals surface area contributed by atoms with Gasteiger partial charge < -0.3 is 10.6 Å². The van der Waals surface area contributed by atoms with E-state index in [9.17, 15) is 18.0 Å². The van der Waals surface area contributed by atoms with Gasteiger partial charge in [-0.05, 0) is 43.4 Å². The number of carbonyl (C=O) groups is 2. The highest BCUT2D eigenvalue weighted by Gasteiger charge is 2.15. The van der Waals surface area contributed by atoms with Gasteiger partial charge >= 0.3 is 0 Å². The van der Waals surface area contributed by atoms with Crippen LogP contribution in [0.25, 0.3) is 0 Å². The van der Waals surface area contributed by atoms with Gasteiger partial charge in [-0.15, -0.1) is 0 Å². The molecule has 29 heavy (non-hydrogen) atoms. The molecule has 0 radical (unpaired) electrons. The highest BCUT2D eigenvalue weighted by molar-refractivity contribution is 7.90. The summed E-state index contributed by atoms with van der Waals surface area (Å²) in [5.74, 6) is -0.807. The molecule has 7 nitrogen and oxygen atoms in total. The van der Waals surface area contributed by atoms with Crippen molar-refractivity contribution in [2.24, 2.45) is 0 Å². The SMILES string of the molecule is CN(CC(=O)Nc1ccc(Cl)c(Cl)c1)CC(=O)Nc1cc(S(C)(=O)=O)ccc1Cl. The van der Waals surface area contributed by atoms with E-state index in [1.165, 1.54) is 29.2 Å². The molecule has 11 heteroatoms. The highest BCUT2D eigenvalue weighted by atomic mass is 35.5. The van der Waals surface area contributed by atoms with Crippen LogP contribution in [0.4, 0.5) is 11.4 Å². The monoisotopic (exact) mass is 477 g/mol. The zero-order chi connectivity index (χ0) is 21.8. The molecule has 0 heterocycles. The minimum Gasteiger partial charge on any atom is -0.325 e. The fourth-order valence-corrected chi connectivity index (χ4v) is 3.45. The first-order valence-corrected chi connectivity index (χ1v) is 11.2. The van der Waals surface area contributed by atoms with Crippen LogP contribution in [0, 0.1) is 0 Å². The third-order valence-electron chi connectivity index (χ3n) is 3.67. The molecule has 0 saturated carbocycles. The van der Waals surface area contributed by atoms with Crippen LogP contribution in [0.15, 0.2) is 41.3 Å². The first kappa shape index (κ1) is 23.4. The van der Waals surface area contributed by atoms with Crippen molar-refractivity contribution in [1.82, 2.24) is 4.90 Å². The summed E-state index contributed by atoms with van der Waals surface area (Å²) >= 11 is 17.8. The number of hydrogen-bond acceptors (Lipinski definition) is 5. The average molecular weight is 479 g/mol. The third kappa shape index (κ3) is 7.17. The molecule has 0 bridgehead atoms. The third-order valence-corrected chi connectivity index (χ3v) is 5.85. The second-order valence-corrected chi connectivity index (χ2v) is 9.55. The van der Waals surface area contributed by atoms with Crippen LogP contribution in [0.1, 0.15) is 0 Å². The van der Waals surface area contributed by atoms with E-state index in [0.717, 1.165) is 6.26 Å². The van der Waals surface area contributed by atoms with Crippen molar-refractivity contribution in [1.29, 1.82) is 0 Å². The van der Waals surface area contributed by atoms with Crippen molar-refractivity contribution in [3.05, 3.63) is 51.5 Å². The lowest BCUT2D eigenvalue weighted by atomic mass is 10.3. The van der Waals surface area contributed by atoms with Gasteiger partial charge in [0.1, 0.15) is 0 Å². The topological polar surface area (TPSA) is 95.6 Å². The number of rotatable bonds is 7. The number of sulfone groups is 1. The van der Waals surface area contributed by atoms with Gasteiger partial charge in [0.25, 0.3) is 0 Å². The Kier molecular flexibility index (Phi) is 7.90. The number of nitrogens with one attached hydrogen (secondary N) is 2. The lowest BCUT2D eigenvalue weighted by Gasteiger charge is -2.17. The normalized spacial score (nSPS) is 11.4. The van der Waals surface area contributed by atoms with Crippen molar-refractivity contribution in [3.63, 3.8) is 0 Å². The van der Waals surface area contributed by atoms with Crippen LogP contribution in [0.3, 0.4) is 0 Å². The molecule has 2 amide bonds. The molecule has 0 aliphatic carbocycles. The lowest BCUT2D eigenvalue weighted by molar-refractivity contribution is -0.119. The molecular formula is C18H18Cl3N3O4S. The van der Waals surface area contributed by atoms with Crippen LogP contribution in [-0.4, -0.2) is 51.5 Å². The van der Waals surface area contributed by atoms with Crippen LogP contribution in [0.2, 0.25) is 15.1 Å². The molecule has 2 N–H and O–H groups in total. The summed E-state index contributed by atoms with van der Waals surface area (Å²) < 4.78 is 23.3. The van der Waals surface area contributed by atoms with E-state index in [1.807, 2.05) is 0 Å². The smallest absolute Gasteiger partial charge is 0.238 e. The van der Waals surface area contributed by atoms with Crippen molar-refractivity contribution >= 4 is 67.8 Å². The Morgan fingerprint density at radius 2 is 1.48 bits per heavy atom. The Bertz CT molecular complexity index is 1040. The van der Waals surface area contributed by atoms with E-state index in [-0.39, 0.29) is 34.6 Å². The van der Waals surface area contributed by atoms with Gasteiger partial charge in [0, 0.05) is 11.9 Å². The summed E-state index contributed by atoms with van der Waals surface area (Å²) in [7, 11) is -1.86. The van der Waals surface area contributed by atoms with Crippen molar-refractivity contribution in [2.75, 3.05) is 37.0 Å². The molecule has 2 rings (SSSR count). The molecular weight excluding hydrogens is 461 g/mol. The maximum atomic E-state index is 12.2. The zero-order valence-electron chi connectivity index (χ0n) is 15.5. The van der Waals surface area contributed by atoms with Gasteiger partial charge in [-0.2, -0.15) is 0 Å². The number of carbonyl (C=O) groups excluding carboxylic acids is 2. The van der Waals surface area contributed by atoms with Crippen molar-refractivity contribution < 1.29 is 18.0 Å². The van der Waals surface area contributed by atoms with E-state index in [2.05, 4.69) is 10.6 Å². The molecule has 2 aromatic rings. The summed E-state index contributed by atoms with van der Waals surface area (Å²) in [5.41, 5.74) is 0.653. The molecule has 0 unspecified atom stereocenters. The van der Waals surface area contributed by atoms with Crippen molar-refractivity contribution in [3.8, 4) is 0 Å². The summed E-state index contributed by atoms with van der Waals surface area (Å²) in [5, 5.41) is 6.09. The second kappa shape index (κ2) is 9.77. The molecule has 0 aliphatic heterocycles. The molecule has 2 aromatic carbocycles. The van der Waals surface area contributed by atoms with Crippen LogP contribution < -0.4 is 10.6 Å². The predicted octanol–water partition coefficient (Wildman–Crippen LogP) is 3.56. The number of amides is 2. The number of hydrogen-bond donors (Lipinski definition) is 2. The molecule has 0 spiro atoms. The first-order chi connectivity index (χ1) is 13.5. The minimum atomic E-state index is -3.44. The first-order valence-electron chi connectivity index (χ1n) is 8.18. The zero-order valence-corrected chi connectivity index (χ0v) is 18.6. The Morgan fingerprint density at radius 1 is 0.897 bits per heavy atom. The van der Waals surface area contributed by atoms with E-state index < -0.39 is 15.7 Å². The molecule has 0 saturated heterocycles. The summed E-state index contributed by atoms with van der Waals surface area (Å²) in [6.45, 7) is -0.182. The van der Waals surface area contributed by atoms with E-state index in [1.54, 1.807) is 19.2 Å². The summed E-state index contributed by atoms with van der Waals surface area (Å²) in [6.07, 6.45) is 1.06. The van der Waals surface area contributed by atoms with Gasteiger partial charge in [-0.25, -0.2) is 8.42 Å². The average Bonchev–Trinajstić information content (AvgIpc) is 2.58. The highest BCUT2D eigenvalue weighted by Crippen LogP contribution is 2.26. The largest absolute Gasteiger partial charge is 0.325 e. The number of benzene rings is 2. The van der Waals surface area contributed by atoms with Gasteiger partial charge in [0.05, 0.1) is 38.7 Å². The minimum absolute atomic E-state index is 0.0338. The molecule has 0 aliphatic rings. The van der Waals surface area contributed by atoms with E-state index in [0.29, 0.717) is 15.7 Å². The Morgan fingerprint density at radius 3 is 2.07 bits per heavy atom. The summed E-state index contributed by atoms with van der Waals surface area (Å²) in [6, 6.07) is 8.72. The maximum Gasteiger partial charge on any atom is 0.238 e. The predicted molar refractivity (Wildman–Crippen MR) is 116 cm³/mol. The molecule has 0 fully saturated rings. The van der Waals surface area contributed by atoms with Crippen LogP contribution in [0.5, 0.6) is 0 Å². The van der Waals surface area contributed by atoms with Gasteiger partial charge in [0.15, 0.2) is 9.84 Å². The van der Waals surface area contributed by atoms with Crippen LogP contribution in [-0.2, 0) is 19.4 Å². The van der Waals surface area contributed by atoms with Crippen molar-refractivity contribution in [2.45, 2.75) is 4.90 Å². The second-order valence-electron chi connectivity index (χ2n) is 6.31. The number of anilines is 2. The number of nitrogens with zero attached hydrogens (tertiary/aromatic N) is 1. The van der Waals surface area contributed by atoms with Gasteiger partial charge in [-0.1, -0.05) is 34.8 Å². The Labute approximate surface area is 183 Å². The fraction of sp³-hybridized carbons (Fsp3) is 0.222. The fourth-order valence-electron chi connectivity index (χ4n) is 2.34. The molecule has 0 aromatic heterocycles. The Balaban J connectivity index is 1.93. The maximum absolute atomic E-state index is 12.2. The van der Waals surface area contributed by atoms with Gasteiger partial charge in [0.2, 0.25) is 11.8 Å². The quantitative estimate of drug-likeness (QED) is 0.634. The standard InChI is InChI=1S/C18H18Cl3N3O4S/c1-24(9-17(25)22-11-3-5-13(19)15(21)7-11)10-18(26)23-16-8-12(29(2,27)28)4-6-14(16)20/h3-8H,9-10H2,1-2H3,(H,22,25)(H,23,26). The summed E-state index contributed by atoms with van der Waals surface area (Å²) in [4.78, 5) is 25.9. The molecule has 156 valence electrons.